The lowest BCUT2D eigenvalue weighted by molar-refractivity contribution is 0.341. The Kier molecular flexibility index (Phi) is 6.01. The van der Waals surface area contributed by atoms with Crippen LogP contribution in [-0.2, 0) is 6.42 Å². The number of likely N-dealkylation sites (N-methyl/N-ethyl adjacent to an activating group) is 1. The minimum absolute atomic E-state index is 0.332. The van der Waals surface area contributed by atoms with Crippen LogP contribution in [-0.4, -0.2) is 42.7 Å². The van der Waals surface area contributed by atoms with Crippen LogP contribution < -0.4 is 5.32 Å². The van der Waals surface area contributed by atoms with E-state index in [2.05, 4.69) is 31.1 Å². The zero-order chi connectivity index (χ0) is 12.7. The van der Waals surface area contributed by atoms with E-state index < -0.39 is 0 Å². The van der Waals surface area contributed by atoms with Gasteiger partial charge in [-0.3, -0.25) is 0 Å². The van der Waals surface area contributed by atoms with Crippen LogP contribution in [0.3, 0.4) is 0 Å². The van der Waals surface area contributed by atoms with Gasteiger partial charge in [-0.05, 0) is 44.6 Å². The van der Waals surface area contributed by atoms with Crippen LogP contribution in [0.15, 0.2) is 24.3 Å². The summed E-state index contributed by atoms with van der Waals surface area (Å²) in [4.78, 5) is 2.29. The van der Waals surface area contributed by atoms with E-state index in [-0.39, 0.29) is 0 Å². The number of phenolic OH excluding ortho intramolecular Hbond substituents is 1. The molecule has 1 atom stereocenters. The molecule has 0 saturated heterocycles. The molecule has 0 heterocycles. The number of nitrogens with one attached hydrogen (secondary N) is 1. The second-order valence-electron chi connectivity index (χ2n) is 4.62. The zero-order valence-corrected chi connectivity index (χ0v) is 11.1. The van der Waals surface area contributed by atoms with Crippen LogP contribution in [0.5, 0.6) is 5.75 Å². The van der Waals surface area contributed by atoms with Gasteiger partial charge in [0.05, 0.1) is 0 Å². The number of phenols is 1. The van der Waals surface area contributed by atoms with Gasteiger partial charge >= 0.3 is 0 Å². The fourth-order valence-electron chi connectivity index (χ4n) is 1.72. The first-order valence-electron chi connectivity index (χ1n) is 6.31. The number of aromatic hydroxyl groups is 1. The largest absolute Gasteiger partial charge is 0.508 e. The lowest BCUT2D eigenvalue weighted by Gasteiger charge is -2.18. The highest BCUT2D eigenvalue weighted by Crippen LogP contribution is 2.11. The molecule has 0 aromatic heterocycles. The highest BCUT2D eigenvalue weighted by atomic mass is 16.3. The molecule has 0 fully saturated rings. The molecule has 3 nitrogen and oxygen atoms in total. The van der Waals surface area contributed by atoms with Crippen molar-refractivity contribution in [1.82, 2.24) is 10.2 Å². The van der Waals surface area contributed by atoms with E-state index in [9.17, 15) is 5.11 Å². The smallest absolute Gasteiger partial charge is 0.115 e. The predicted molar refractivity (Wildman–Crippen MR) is 72.4 cm³/mol. The maximum Gasteiger partial charge on any atom is 0.115 e. The Morgan fingerprint density at radius 2 is 1.94 bits per heavy atom. The average Bonchev–Trinajstić information content (AvgIpc) is 2.32. The van der Waals surface area contributed by atoms with E-state index in [1.165, 1.54) is 5.56 Å². The molecule has 1 aromatic carbocycles. The Hall–Kier alpha value is -1.06. The van der Waals surface area contributed by atoms with Crippen LogP contribution >= 0.6 is 0 Å². The van der Waals surface area contributed by atoms with Crippen molar-refractivity contribution in [2.75, 3.05) is 26.7 Å². The Morgan fingerprint density at radius 3 is 2.53 bits per heavy atom. The SMILES string of the molecule is CCN(C)CCNC(C)Cc1ccc(O)cc1. The van der Waals surface area contributed by atoms with Crippen LogP contribution in [0.1, 0.15) is 19.4 Å². The molecule has 1 rings (SSSR count). The van der Waals surface area contributed by atoms with Crippen molar-refractivity contribution in [2.45, 2.75) is 26.3 Å². The Morgan fingerprint density at radius 1 is 1.29 bits per heavy atom. The standard InChI is InChI=1S/C14H24N2O/c1-4-16(3)10-9-15-12(2)11-13-5-7-14(17)8-6-13/h5-8,12,15,17H,4,9-11H2,1-3H3. The summed E-state index contributed by atoms with van der Waals surface area (Å²) in [7, 11) is 2.13. The van der Waals surface area contributed by atoms with Crippen molar-refractivity contribution >= 4 is 0 Å². The summed E-state index contributed by atoms with van der Waals surface area (Å²) in [6.45, 7) is 7.55. The van der Waals surface area contributed by atoms with Gasteiger partial charge in [-0.15, -0.1) is 0 Å². The number of hydrogen-bond acceptors (Lipinski definition) is 3. The van der Waals surface area contributed by atoms with Gasteiger partial charge in [0.25, 0.3) is 0 Å². The minimum atomic E-state index is 0.332. The van der Waals surface area contributed by atoms with Gasteiger partial charge in [0, 0.05) is 19.1 Å². The van der Waals surface area contributed by atoms with E-state index in [0.29, 0.717) is 11.8 Å². The molecule has 17 heavy (non-hydrogen) atoms. The Labute approximate surface area is 104 Å². The topological polar surface area (TPSA) is 35.5 Å². The highest BCUT2D eigenvalue weighted by molar-refractivity contribution is 5.26. The van der Waals surface area contributed by atoms with Crippen LogP contribution in [0.2, 0.25) is 0 Å². The molecular formula is C14H24N2O. The lowest BCUT2D eigenvalue weighted by atomic mass is 10.1. The summed E-state index contributed by atoms with van der Waals surface area (Å²) >= 11 is 0. The minimum Gasteiger partial charge on any atom is -0.508 e. The zero-order valence-electron chi connectivity index (χ0n) is 11.1. The van der Waals surface area contributed by atoms with Crippen molar-refractivity contribution in [3.8, 4) is 5.75 Å². The fourth-order valence-corrected chi connectivity index (χ4v) is 1.72. The van der Waals surface area contributed by atoms with Crippen molar-refractivity contribution in [3.63, 3.8) is 0 Å². The molecule has 0 aliphatic carbocycles. The molecule has 0 aliphatic heterocycles. The molecule has 0 aliphatic rings. The van der Waals surface area contributed by atoms with Gasteiger partial charge in [-0.1, -0.05) is 19.1 Å². The summed E-state index contributed by atoms with van der Waals surface area (Å²) < 4.78 is 0. The van der Waals surface area contributed by atoms with Gasteiger partial charge in [0.2, 0.25) is 0 Å². The number of benzene rings is 1. The molecule has 0 radical (unpaired) electrons. The molecule has 0 spiro atoms. The van der Waals surface area contributed by atoms with Crippen molar-refractivity contribution in [2.24, 2.45) is 0 Å². The molecule has 96 valence electrons. The quantitative estimate of drug-likeness (QED) is 0.758. The molecule has 1 aromatic rings. The molecular weight excluding hydrogens is 212 g/mol. The third kappa shape index (κ3) is 5.71. The van der Waals surface area contributed by atoms with Crippen molar-refractivity contribution in [1.29, 1.82) is 0 Å². The highest BCUT2D eigenvalue weighted by Gasteiger charge is 2.03. The lowest BCUT2D eigenvalue weighted by Crippen LogP contribution is -2.35. The summed E-state index contributed by atoms with van der Waals surface area (Å²) in [5, 5.41) is 12.7. The fraction of sp³-hybridized carbons (Fsp3) is 0.571. The van der Waals surface area contributed by atoms with Gasteiger partial charge in [-0.2, -0.15) is 0 Å². The van der Waals surface area contributed by atoms with Crippen LogP contribution in [0.4, 0.5) is 0 Å². The first kappa shape index (κ1) is 14.0. The normalized spacial score (nSPS) is 12.9. The molecule has 3 heteroatoms. The first-order valence-corrected chi connectivity index (χ1v) is 6.31. The maximum atomic E-state index is 9.20. The van der Waals surface area contributed by atoms with Crippen LogP contribution in [0, 0.1) is 0 Å². The summed E-state index contributed by atoms with van der Waals surface area (Å²) in [6, 6.07) is 7.90. The van der Waals surface area contributed by atoms with E-state index in [4.69, 9.17) is 0 Å². The van der Waals surface area contributed by atoms with E-state index in [1.807, 2.05) is 12.1 Å². The maximum absolute atomic E-state index is 9.20. The molecule has 0 saturated carbocycles. The summed E-state index contributed by atoms with van der Waals surface area (Å²) in [5.41, 5.74) is 1.26. The number of nitrogens with zero attached hydrogens (tertiary/aromatic N) is 1. The predicted octanol–water partition coefficient (Wildman–Crippen LogP) is 1.86. The second kappa shape index (κ2) is 7.30. The Balaban J connectivity index is 2.25. The molecule has 0 bridgehead atoms. The first-order chi connectivity index (χ1) is 8.11. The van der Waals surface area contributed by atoms with Crippen LogP contribution in [0.25, 0.3) is 0 Å². The molecule has 0 amide bonds. The monoisotopic (exact) mass is 236 g/mol. The Bertz CT molecular complexity index is 311. The van der Waals surface area contributed by atoms with Gasteiger partial charge in [0.1, 0.15) is 5.75 Å². The molecule has 2 N–H and O–H groups in total. The van der Waals surface area contributed by atoms with Crippen molar-refractivity contribution < 1.29 is 5.11 Å². The molecule has 1 unspecified atom stereocenters. The third-order valence-electron chi connectivity index (χ3n) is 3.00. The van der Waals surface area contributed by atoms with Gasteiger partial charge in [-0.25, -0.2) is 0 Å². The van der Waals surface area contributed by atoms with Gasteiger partial charge < -0.3 is 15.3 Å². The summed E-state index contributed by atoms with van der Waals surface area (Å²) in [5.74, 6) is 0.332. The van der Waals surface area contributed by atoms with E-state index in [0.717, 1.165) is 26.1 Å². The average molecular weight is 236 g/mol. The number of rotatable bonds is 7. The number of hydrogen-bond donors (Lipinski definition) is 2. The summed E-state index contributed by atoms with van der Waals surface area (Å²) in [6.07, 6.45) is 0.996. The van der Waals surface area contributed by atoms with Gasteiger partial charge in [0.15, 0.2) is 0 Å². The van der Waals surface area contributed by atoms with E-state index in [1.54, 1.807) is 12.1 Å². The second-order valence-corrected chi connectivity index (χ2v) is 4.62. The third-order valence-corrected chi connectivity index (χ3v) is 3.00. The van der Waals surface area contributed by atoms with E-state index >= 15 is 0 Å². The van der Waals surface area contributed by atoms with Crippen molar-refractivity contribution in [3.05, 3.63) is 29.8 Å².